The number of imide groups is 2. The van der Waals surface area contributed by atoms with Crippen LogP contribution in [0.4, 0.5) is 17.2 Å². The Morgan fingerprint density at radius 1 is 0.857 bits per heavy atom. The van der Waals surface area contributed by atoms with Crippen molar-refractivity contribution >= 4 is 46.7 Å². The van der Waals surface area contributed by atoms with Gasteiger partial charge in [0.05, 0.1) is 82.3 Å². The van der Waals surface area contributed by atoms with Crippen molar-refractivity contribution in [3.63, 3.8) is 0 Å². The molecule has 1 unspecified atom stereocenters. The molecule has 264 valence electrons. The monoisotopic (exact) mass is 681 g/mol. The molecular formula is C33H43N7O9. The summed E-state index contributed by atoms with van der Waals surface area (Å²) in [6.07, 6.45) is 2.25. The lowest BCUT2D eigenvalue weighted by Crippen LogP contribution is -2.54. The van der Waals surface area contributed by atoms with Crippen LogP contribution in [0.3, 0.4) is 0 Å². The van der Waals surface area contributed by atoms with Crippen LogP contribution in [0.2, 0.25) is 0 Å². The summed E-state index contributed by atoms with van der Waals surface area (Å²) in [5.41, 5.74) is 7.55. The van der Waals surface area contributed by atoms with Crippen LogP contribution in [0.1, 0.15) is 40.0 Å². The number of rotatable bonds is 18. The normalized spacial score (nSPS) is 17.8. The minimum atomic E-state index is -1.01. The molecule has 2 aromatic rings. The van der Waals surface area contributed by atoms with E-state index in [1.807, 2.05) is 11.0 Å². The molecule has 49 heavy (non-hydrogen) atoms. The first kappa shape index (κ1) is 35.7. The van der Waals surface area contributed by atoms with Gasteiger partial charge in [-0.15, -0.1) is 0 Å². The van der Waals surface area contributed by atoms with E-state index in [0.717, 1.165) is 23.7 Å². The van der Waals surface area contributed by atoms with E-state index >= 15 is 0 Å². The van der Waals surface area contributed by atoms with Crippen LogP contribution in [0.25, 0.3) is 0 Å². The van der Waals surface area contributed by atoms with E-state index in [1.54, 1.807) is 30.5 Å². The lowest BCUT2D eigenvalue weighted by atomic mass is 10.0. The van der Waals surface area contributed by atoms with Gasteiger partial charge >= 0.3 is 0 Å². The molecule has 2 saturated heterocycles. The molecule has 0 saturated carbocycles. The third-order valence-corrected chi connectivity index (χ3v) is 8.37. The van der Waals surface area contributed by atoms with E-state index < -0.39 is 29.7 Å². The number of hydrogen-bond donors (Lipinski definition) is 3. The average Bonchev–Trinajstić information content (AvgIpc) is 3.36. The summed E-state index contributed by atoms with van der Waals surface area (Å²) in [5.74, 6) is -1.61. The Morgan fingerprint density at radius 2 is 1.53 bits per heavy atom. The van der Waals surface area contributed by atoms with Crippen molar-refractivity contribution in [2.24, 2.45) is 0 Å². The van der Waals surface area contributed by atoms with Crippen molar-refractivity contribution in [2.75, 3.05) is 102 Å². The number of nitrogens with zero attached hydrogens (tertiary/aromatic N) is 4. The topological polar surface area (TPSA) is 195 Å². The van der Waals surface area contributed by atoms with Crippen LogP contribution in [-0.2, 0) is 33.3 Å². The fourth-order valence-corrected chi connectivity index (χ4v) is 5.80. The Kier molecular flexibility index (Phi) is 12.9. The van der Waals surface area contributed by atoms with Gasteiger partial charge in [0.2, 0.25) is 17.7 Å². The van der Waals surface area contributed by atoms with E-state index in [2.05, 4.69) is 20.5 Å². The highest BCUT2D eigenvalue weighted by molar-refractivity contribution is 6.25. The molecule has 5 rings (SSSR count). The lowest BCUT2D eigenvalue weighted by Gasteiger charge is -2.36. The maximum atomic E-state index is 13.1. The molecule has 3 aliphatic rings. The number of benzene rings is 1. The predicted octanol–water partition coefficient (Wildman–Crippen LogP) is 0.282. The maximum Gasteiger partial charge on any atom is 0.264 e. The van der Waals surface area contributed by atoms with Gasteiger partial charge < -0.3 is 39.8 Å². The second-order valence-electron chi connectivity index (χ2n) is 11.6. The van der Waals surface area contributed by atoms with Crippen LogP contribution in [0.15, 0.2) is 36.5 Å². The summed E-state index contributed by atoms with van der Waals surface area (Å²) in [6, 6.07) is 7.61. The zero-order chi connectivity index (χ0) is 34.6. The summed E-state index contributed by atoms with van der Waals surface area (Å²) in [7, 11) is 0. The average molecular weight is 682 g/mol. The maximum absolute atomic E-state index is 13.1. The summed E-state index contributed by atoms with van der Waals surface area (Å²) < 4.78 is 22.2. The number of amides is 5. The molecule has 1 aromatic heterocycles. The van der Waals surface area contributed by atoms with E-state index in [-0.39, 0.29) is 29.9 Å². The van der Waals surface area contributed by atoms with Gasteiger partial charge in [0.25, 0.3) is 11.8 Å². The standard InChI is InChI=1S/C33H43N7O9/c34-27-6-4-23(22-36-27)38-10-12-39(13-11-38)29(42)8-14-46-16-18-48-20-21-49-19-17-47-15-9-35-25-3-1-2-24-30(25)33(45)40(32(24)44)26-5-7-28(41)37-31(26)43/h1-4,6,22,26,35H,5,7-21H2,(H2,34,36)(H,37,41,43). The van der Waals surface area contributed by atoms with E-state index in [4.69, 9.17) is 24.7 Å². The number of piperidine rings is 1. The third kappa shape index (κ3) is 9.50. The lowest BCUT2D eigenvalue weighted by molar-refractivity contribution is -0.136. The quantitative estimate of drug-likeness (QED) is 0.144. The summed E-state index contributed by atoms with van der Waals surface area (Å²) in [5, 5.41) is 5.32. The first-order chi connectivity index (χ1) is 23.8. The van der Waals surface area contributed by atoms with Crippen LogP contribution in [0, 0.1) is 0 Å². The first-order valence-corrected chi connectivity index (χ1v) is 16.5. The molecule has 4 N–H and O–H groups in total. The van der Waals surface area contributed by atoms with Gasteiger partial charge in [0.15, 0.2) is 0 Å². The van der Waals surface area contributed by atoms with Gasteiger partial charge in [0, 0.05) is 44.8 Å². The molecule has 16 nitrogen and oxygen atoms in total. The van der Waals surface area contributed by atoms with Gasteiger partial charge in [0.1, 0.15) is 11.9 Å². The molecular weight excluding hydrogens is 638 g/mol. The zero-order valence-corrected chi connectivity index (χ0v) is 27.4. The molecule has 3 aliphatic heterocycles. The Hall–Kier alpha value is -4.64. The molecule has 1 atom stereocenters. The van der Waals surface area contributed by atoms with Crippen LogP contribution >= 0.6 is 0 Å². The molecule has 16 heteroatoms. The van der Waals surface area contributed by atoms with Crippen molar-refractivity contribution in [3.8, 4) is 0 Å². The number of aromatic nitrogens is 1. The van der Waals surface area contributed by atoms with Crippen LogP contribution in [0.5, 0.6) is 0 Å². The fraction of sp³-hybridized carbons (Fsp3) is 0.515. The number of carbonyl (C=O) groups excluding carboxylic acids is 5. The number of anilines is 3. The minimum Gasteiger partial charge on any atom is -0.384 e. The van der Waals surface area contributed by atoms with Gasteiger partial charge in [-0.3, -0.25) is 34.2 Å². The highest BCUT2D eigenvalue weighted by atomic mass is 16.6. The molecule has 0 bridgehead atoms. The van der Waals surface area contributed by atoms with Crippen LogP contribution in [-0.4, -0.2) is 136 Å². The Bertz CT molecular complexity index is 1480. The van der Waals surface area contributed by atoms with Gasteiger partial charge in [-0.1, -0.05) is 6.07 Å². The third-order valence-electron chi connectivity index (χ3n) is 8.37. The molecule has 4 heterocycles. The summed E-state index contributed by atoms with van der Waals surface area (Å²) in [4.78, 5) is 71.5. The molecule has 0 aliphatic carbocycles. The zero-order valence-electron chi connectivity index (χ0n) is 27.4. The fourth-order valence-electron chi connectivity index (χ4n) is 5.80. The SMILES string of the molecule is Nc1ccc(N2CCN(C(=O)CCOCCOCCOCCOCCNc3cccc4c3C(=O)N(C3CCC(=O)NC3=O)C4=O)CC2)cn1. The number of nitrogen functional groups attached to an aromatic ring is 1. The number of ether oxygens (including phenoxy) is 4. The number of fused-ring (bicyclic) bond motifs is 1. The van der Waals surface area contributed by atoms with Gasteiger partial charge in [-0.2, -0.15) is 0 Å². The number of hydrogen-bond acceptors (Lipinski definition) is 13. The molecule has 5 amide bonds. The second kappa shape index (κ2) is 17.7. The summed E-state index contributed by atoms with van der Waals surface area (Å²) in [6.45, 7) is 6.19. The van der Waals surface area contributed by atoms with E-state index in [1.165, 1.54) is 0 Å². The van der Waals surface area contributed by atoms with Crippen molar-refractivity contribution < 1.29 is 42.9 Å². The van der Waals surface area contributed by atoms with Crippen molar-refractivity contribution in [1.29, 1.82) is 0 Å². The predicted molar refractivity (Wildman–Crippen MR) is 177 cm³/mol. The second-order valence-corrected chi connectivity index (χ2v) is 11.6. The van der Waals surface area contributed by atoms with Gasteiger partial charge in [-0.25, -0.2) is 4.98 Å². The molecule has 2 fully saturated rings. The Morgan fingerprint density at radius 3 is 2.18 bits per heavy atom. The number of carbonyl (C=O) groups is 5. The van der Waals surface area contributed by atoms with Crippen molar-refractivity contribution in [3.05, 3.63) is 47.7 Å². The number of pyridine rings is 1. The molecule has 0 spiro atoms. The highest BCUT2D eigenvalue weighted by Crippen LogP contribution is 2.32. The minimum absolute atomic E-state index is 0.0636. The molecule has 0 radical (unpaired) electrons. The number of nitrogens with one attached hydrogen (secondary N) is 2. The van der Waals surface area contributed by atoms with Crippen molar-refractivity contribution in [2.45, 2.75) is 25.3 Å². The number of piperazine rings is 1. The summed E-state index contributed by atoms with van der Waals surface area (Å²) >= 11 is 0. The largest absolute Gasteiger partial charge is 0.384 e. The van der Waals surface area contributed by atoms with Crippen LogP contribution < -0.4 is 21.3 Å². The smallest absolute Gasteiger partial charge is 0.264 e. The van der Waals surface area contributed by atoms with Crippen molar-refractivity contribution in [1.82, 2.24) is 20.1 Å². The molecule has 1 aromatic carbocycles. The van der Waals surface area contributed by atoms with E-state index in [0.29, 0.717) is 90.4 Å². The first-order valence-electron chi connectivity index (χ1n) is 16.5. The highest BCUT2D eigenvalue weighted by Gasteiger charge is 2.45. The Balaban J connectivity index is 0.847. The Labute approximate surface area is 284 Å². The van der Waals surface area contributed by atoms with E-state index in [9.17, 15) is 24.0 Å². The number of nitrogens with two attached hydrogens (primary N) is 1. The van der Waals surface area contributed by atoms with Gasteiger partial charge in [-0.05, 0) is 30.7 Å².